The van der Waals surface area contributed by atoms with Gasteiger partial charge < -0.3 is 29.7 Å². The zero-order chi connectivity index (χ0) is 23.4. The van der Waals surface area contributed by atoms with Gasteiger partial charge in [0.2, 0.25) is 5.91 Å². The van der Waals surface area contributed by atoms with Crippen LogP contribution in [-0.2, 0) is 28.6 Å². The Morgan fingerprint density at radius 3 is 2.10 bits per heavy atom. The number of hydrogen-bond donors (Lipinski definition) is 2. The van der Waals surface area contributed by atoms with Gasteiger partial charge in [0, 0.05) is 13.0 Å². The number of alkyl carbamates (subject to hydrolysis) is 1. The molecule has 30 heavy (non-hydrogen) atoms. The van der Waals surface area contributed by atoms with Crippen LogP contribution in [-0.4, -0.2) is 66.7 Å². The number of nitrogens with zero attached hydrogens (tertiary/aromatic N) is 1. The lowest BCUT2D eigenvalue weighted by molar-refractivity contribution is -0.758. The quantitative estimate of drug-likeness (QED) is 0.200. The zero-order valence-electron chi connectivity index (χ0n) is 18.4. The van der Waals surface area contributed by atoms with Crippen LogP contribution in [0.15, 0.2) is 0 Å². The minimum absolute atomic E-state index is 0.0113. The molecule has 0 spiro atoms. The fourth-order valence-corrected chi connectivity index (χ4v) is 1.97. The average Bonchev–Trinajstić information content (AvgIpc) is 2.54. The predicted molar refractivity (Wildman–Crippen MR) is 105 cm³/mol. The van der Waals surface area contributed by atoms with Gasteiger partial charge in [-0.1, -0.05) is 0 Å². The molecule has 0 rings (SSSR count). The van der Waals surface area contributed by atoms with Crippen LogP contribution in [0.1, 0.15) is 54.4 Å². The molecule has 2 amide bonds. The first-order chi connectivity index (χ1) is 13.7. The summed E-state index contributed by atoms with van der Waals surface area (Å²) >= 11 is 0. The van der Waals surface area contributed by atoms with E-state index in [4.69, 9.17) is 14.2 Å². The summed E-state index contributed by atoms with van der Waals surface area (Å²) < 4.78 is 15.5. The monoisotopic (exact) mass is 435 g/mol. The van der Waals surface area contributed by atoms with Crippen molar-refractivity contribution in [1.82, 2.24) is 10.6 Å². The van der Waals surface area contributed by atoms with Crippen LogP contribution in [0.3, 0.4) is 0 Å². The number of ether oxygens (including phenoxy) is 3. The van der Waals surface area contributed by atoms with Crippen LogP contribution >= 0.6 is 0 Å². The second kappa shape index (κ2) is 12.8. The molecule has 0 bridgehead atoms. The lowest BCUT2D eigenvalue weighted by Crippen LogP contribution is -2.46. The van der Waals surface area contributed by atoms with Crippen LogP contribution in [0.4, 0.5) is 4.79 Å². The number of carbonyl (C=O) groups excluding carboxylic acids is 3. The van der Waals surface area contributed by atoms with Gasteiger partial charge >= 0.3 is 12.1 Å². The summed E-state index contributed by atoms with van der Waals surface area (Å²) in [7, 11) is 0. The number of nitrogens with one attached hydrogen (secondary N) is 2. The Kier molecular flexibility index (Phi) is 11.7. The third-order valence-electron chi connectivity index (χ3n) is 3.04. The smallest absolute Gasteiger partial charge is 0.408 e. The van der Waals surface area contributed by atoms with Gasteiger partial charge in [-0.2, -0.15) is 0 Å². The number of carbonyl (C=O) groups is 3. The van der Waals surface area contributed by atoms with Crippen molar-refractivity contribution in [3.05, 3.63) is 10.1 Å². The molecule has 0 aromatic rings. The molecule has 1 atom stereocenters. The molecule has 0 aliphatic rings. The standard InChI is InChI=1S/C18H33N3O9/c1-17(2,3)29-15(23)13(20-16(24)30-18(4,5)6)7-8-14(22)19-9-10-27-11-12-28-21(25)26/h13H,7-12H2,1-6H3,(H,19,22)(H,20,24)/t13-/m0/s1. The SMILES string of the molecule is CC(C)(C)OC(=O)N[C@@H](CCC(=O)NCCOCCO[N+](=O)[O-])C(=O)OC(C)(C)C. The molecule has 0 fully saturated rings. The summed E-state index contributed by atoms with van der Waals surface area (Å²) in [6.07, 6.45) is -0.828. The fourth-order valence-electron chi connectivity index (χ4n) is 1.97. The predicted octanol–water partition coefficient (Wildman–Crippen LogP) is 1.34. The van der Waals surface area contributed by atoms with E-state index in [1.54, 1.807) is 41.5 Å². The first-order valence-corrected chi connectivity index (χ1v) is 9.54. The molecule has 0 aliphatic carbocycles. The van der Waals surface area contributed by atoms with Gasteiger partial charge in [0.05, 0.1) is 13.2 Å². The van der Waals surface area contributed by atoms with E-state index < -0.39 is 34.4 Å². The molecule has 0 saturated heterocycles. The Morgan fingerprint density at radius 2 is 1.57 bits per heavy atom. The van der Waals surface area contributed by atoms with E-state index >= 15 is 0 Å². The van der Waals surface area contributed by atoms with Gasteiger partial charge in [-0.25, -0.2) is 9.59 Å². The summed E-state index contributed by atoms with van der Waals surface area (Å²) in [5.41, 5.74) is -1.51. The van der Waals surface area contributed by atoms with Gasteiger partial charge in [0.25, 0.3) is 5.09 Å². The highest BCUT2D eigenvalue weighted by Crippen LogP contribution is 2.12. The molecule has 0 aromatic heterocycles. The second-order valence-corrected chi connectivity index (χ2v) is 8.29. The molecule has 12 nitrogen and oxygen atoms in total. The van der Waals surface area contributed by atoms with Crippen molar-refractivity contribution in [3.63, 3.8) is 0 Å². The summed E-state index contributed by atoms with van der Waals surface area (Å²) in [6.45, 7) is 10.3. The minimum Gasteiger partial charge on any atom is -0.458 e. The molecule has 12 heteroatoms. The van der Waals surface area contributed by atoms with Crippen molar-refractivity contribution in [1.29, 1.82) is 0 Å². The van der Waals surface area contributed by atoms with E-state index in [1.165, 1.54) is 0 Å². The molecule has 0 aromatic carbocycles. The minimum atomic E-state index is -1.06. The van der Waals surface area contributed by atoms with Crippen LogP contribution in [0.25, 0.3) is 0 Å². The molecule has 0 saturated carbocycles. The van der Waals surface area contributed by atoms with Crippen LogP contribution in [0.2, 0.25) is 0 Å². The maximum absolute atomic E-state index is 12.4. The van der Waals surface area contributed by atoms with Gasteiger partial charge in [0.1, 0.15) is 23.9 Å². The Bertz CT molecular complexity index is 582. The largest absolute Gasteiger partial charge is 0.458 e. The Balaban J connectivity index is 4.47. The normalized spacial score (nSPS) is 12.5. The van der Waals surface area contributed by atoms with Gasteiger partial charge in [-0.3, -0.25) is 4.79 Å². The first kappa shape index (κ1) is 27.4. The van der Waals surface area contributed by atoms with E-state index in [0.29, 0.717) is 0 Å². The number of esters is 1. The van der Waals surface area contributed by atoms with E-state index in [-0.39, 0.29) is 45.1 Å². The summed E-state index contributed by atoms with van der Waals surface area (Å²) in [5.74, 6) is -1.03. The van der Waals surface area contributed by atoms with E-state index in [9.17, 15) is 24.5 Å². The van der Waals surface area contributed by atoms with Crippen LogP contribution in [0.5, 0.6) is 0 Å². The Morgan fingerprint density at radius 1 is 0.967 bits per heavy atom. The topological polar surface area (TPSA) is 155 Å². The van der Waals surface area contributed by atoms with Crippen molar-refractivity contribution < 1.29 is 38.5 Å². The van der Waals surface area contributed by atoms with Crippen LogP contribution < -0.4 is 10.6 Å². The van der Waals surface area contributed by atoms with Crippen molar-refractivity contribution in [2.24, 2.45) is 0 Å². The van der Waals surface area contributed by atoms with Gasteiger partial charge in [-0.05, 0) is 48.0 Å². The molecule has 0 heterocycles. The lowest BCUT2D eigenvalue weighted by atomic mass is 10.1. The molecule has 2 N–H and O–H groups in total. The number of amides is 2. The highest BCUT2D eigenvalue weighted by molar-refractivity contribution is 5.83. The Labute approximate surface area is 176 Å². The maximum Gasteiger partial charge on any atom is 0.408 e. The van der Waals surface area contributed by atoms with Crippen molar-refractivity contribution in [3.8, 4) is 0 Å². The summed E-state index contributed by atoms with van der Waals surface area (Å²) in [4.78, 5) is 50.4. The fraction of sp³-hybridized carbons (Fsp3) is 0.833. The molecular weight excluding hydrogens is 402 g/mol. The summed E-state index contributed by atoms with van der Waals surface area (Å²) in [5, 5.41) is 14.1. The number of hydrogen-bond acceptors (Lipinski definition) is 9. The van der Waals surface area contributed by atoms with Gasteiger partial charge in [0.15, 0.2) is 0 Å². The van der Waals surface area contributed by atoms with Crippen molar-refractivity contribution in [2.45, 2.75) is 71.6 Å². The molecular formula is C18H33N3O9. The van der Waals surface area contributed by atoms with Crippen molar-refractivity contribution in [2.75, 3.05) is 26.4 Å². The van der Waals surface area contributed by atoms with Crippen molar-refractivity contribution >= 4 is 18.0 Å². The van der Waals surface area contributed by atoms with Crippen LogP contribution in [0, 0.1) is 10.1 Å². The molecule has 0 aliphatic heterocycles. The Hall–Kier alpha value is -2.63. The highest BCUT2D eigenvalue weighted by atomic mass is 17.0. The maximum atomic E-state index is 12.4. The molecule has 174 valence electrons. The van der Waals surface area contributed by atoms with Gasteiger partial charge in [-0.15, -0.1) is 10.1 Å². The van der Waals surface area contributed by atoms with E-state index in [0.717, 1.165) is 0 Å². The zero-order valence-corrected chi connectivity index (χ0v) is 18.4. The third-order valence-corrected chi connectivity index (χ3v) is 3.04. The van der Waals surface area contributed by atoms with E-state index in [2.05, 4.69) is 15.5 Å². The molecule has 0 unspecified atom stereocenters. The highest BCUT2D eigenvalue weighted by Gasteiger charge is 2.29. The molecule has 0 radical (unpaired) electrons. The lowest BCUT2D eigenvalue weighted by Gasteiger charge is -2.26. The number of rotatable bonds is 12. The van der Waals surface area contributed by atoms with E-state index in [1.807, 2.05) is 0 Å². The second-order valence-electron chi connectivity index (χ2n) is 8.29. The average molecular weight is 435 g/mol. The summed E-state index contributed by atoms with van der Waals surface area (Å²) in [6, 6.07) is -1.06. The first-order valence-electron chi connectivity index (χ1n) is 9.54. The third kappa shape index (κ3) is 16.3.